The smallest absolute Gasteiger partial charge is 0.306 e. The average molecular weight is 202 g/mol. The van der Waals surface area contributed by atoms with Crippen LogP contribution in [-0.4, -0.2) is 35.0 Å². The van der Waals surface area contributed by atoms with Crippen LogP contribution in [0, 0.1) is 0 Å². The summed E-state index contributed by atoms with van der Waals surface area (Å²) in [7, 11) is 0. The first-order valence-corrected chi connectivity index (χ1v) is 5.22. The Morgan fingerprint density at radius 3 is 2.93 bits per heavy atom. The molecule has 1 saturated heterocycles. The highest BCUT2D eigenvalue weighted by atomic mass is 16.6. The van der Waals surface area contributed by atoms with Crippen LogP contribution in [0.5, 0.6) is 0 Å². The fourth-order valence-electron chi connectivity index (χ4n) is 1.66. The van der Waals surface area contributed by atoms with Crippen molar-refractivity contribution in [3.05, 3.63) is 0 Å². The second kappa shape index (κ2) is 5.98. The van der Waals surface area contributed by atoms with Gasteiger partial charge in [0, 0.05) is 13.0 Å². The molecule has 4 heteroatoms. The Morgan fingerprint density at radius 2 is 2.29 bits per heavy atom. The van der Waals surface area contributed by atoms with Crippen molar-refractivity contribution in [1.29, 1.82) is 0 Å². The number of aliphatic hydroxyl groups is 2. The van der Waals surface area contributed by atoms with Gasteiger partial charge in [-0.2, -0.15) is 0 Å². The van der Waals surface area contributed by atoms with Gasteiger partial charge in [0.1, 0.15) is 6.10 Å². The number of carbonyl (C=O) groups excluding carboxylic acids is 1. The molecular formula is C10H18O4. The predicted octanol–water partition coefficient (Wildman–Crippen LogP) is 0.606. The van der Waals surface area contributed by atoms with E-state index in [1.54, 1.807) is 0 Å². The number of unbranched alkanes of at least 4 members (excludes halogenated alkanes) is 1. The zero-order chi connectivity index (χ0) is 10.4. The third-order valence-electron chi connectivity index (χ3n) is 2.49. The Kier molecular flexibility index (Phi) is 4.90. The summed E-state index contributed by atoms with van der Waals surface area (Å²) < 4.78 is 5.03. The van der Waals surface area contributed by atoms with Crippen molar-refractivity contribution in [2.45, 2.75) is 50.7 Å². The summed E-state index contributed by atoms with van der Waals surface area (Å²) in [6, 6.07) is 0. The minimum Gasteiger partial charge on any atom is -0.460 e. The number of rotatable bonds is 5. The molecule has 1 rings (SSSR count). The van der Waals surface area contributed by atoms with E-state index in [2.05, 4.69) is 0 Å². The number of esters is 1. The van der Waals surface area contributed by atoms with Crippen molar-refractivity contribution in [1.82, 2.24) is 0 Å². The first-order chi connectivity index (χ1) is 6.74. The molecule has 1 aliphatic rings. The van der Waals surface area contributed by atoms with Crippen LogP contribution in [0.15, 0.2) is 0 Å². The molecule has 0 bridgehead atoms. The van der Waals surface area contributed by atoms with Crippen LogP contribution < -0.4 is 0 Å². The van der Waals surface area contributed by atoms with Crippen LogP contribution >= 0.6 is 0 Å². The Bertz CT molecular complexity index is 181. The van der Waals surface area contributed by atoms with Crippen LogP contribution in [0.2, 0.25) is 0 Å². The Morgan fingerprint density at radius 1 is 1.50 bits per heavy atom. The largest absolute Gasteiger partial charge is 0.460 e. The van der Waals surface area contributed by atoms with Gasteiger partial charge in [-0.3, -0.25) is 4.79 Å². The summed E-state index contributed by atoms with van der Waals surface area (Å²) in [4.78, 5) is 10.9. The summed E-state index contributed by atoms with van der Waals surface area (Å²) in [6.07, 6.45) is 3.20. The van der Waals surface area contributed by atoms with Crippen molar-refractivity contribution < 1.29 is 19.7 Å². The summed E-state index contributed by atoms with van der Waals surface area (Å²) in [5, 5.41) is 18.2. The maximum atomic E-state index is 10.9. The molecule has 0 aliphatic carbocycles. The lowest BCUT2D eigenvalue weighted by Gasteiger charge is -2.26. The summed E-state index contributed by atoms with van der Waals surface area (Å²) in [5.41, 5.74) is 0. The van der Waals surface area contributed by atoms with E-state index in [0.717, 1.165) is 19.3 Å². The molecule has 1 fully saturated rings. The van der Waals surface area contributed by atoms with Crippen LogP contribution in [0.25, 0.3) is 0 Å². The van der Waals surface area contributed by atoms with Gasteiger partial charge < -0.3 is 14.9 Å². The van der Waals surface area contributed by atoms with Crippen molar-refractivity contribution in [3.63, 3.8) is 0 Å². The maximum Gasteiger partial charge on any atom is 0.306 e. The molecule has 0 aromatic carbocycles. The first kappa shape index (κ1) is 11.5. The normalized spacial score (nSPS) is 24.4. The lowest BCUT2D eigenvalue weighted by molar-refractivity contribution is -0.161. The molecular weight excluding hydrogens is 184 g/mol. The van der Waals surface area contributed by atoms with Gasteiger partial charge in [0.25, 0.3) is 0 Å². The van der Waals surface area contributed by atoms with E-state index < -0.39 is 6.10 Å². The van der Waals surface area contributed by atoms with E-state index in [9.17, 15) is 9.90 Å². The Hall–Kier alpha value is -0.610. The third-order valence-corrected chi connectivity index (χ3v) is 2.49. The SMILES string of the molecule is O=C1CCCC(C(O)CCCCO)O1. The minimum absolute atomic E-state index is 0.150. The zero-order valence-electron chi connectivity index (χ0n) is 8.32. The average Bonchev–Trinajstić information content (AvgIpc) is 2.18. The van der Waals surface area contributed by atoms with Gasteiger partial charge in [0.05, 0.1) is 6.10 Å². The molecule has 1 aliphatic heterocycles. The molecule has 0 spiro atoms. The number of hydrogen-bond acceptors (Lipinski definition) is 4. The highest BCUT2D eigenvalue weighted by Crippen LogP contribution is 2.19. The molecule has 4 nitrogen and oxygen atoms in total. The molecule has 1 heterocycles. The van der Waals surface area contributed by atoms with Gasteiger partial charge in [0.2, 0.25) is 0 Å². The predicted molar refractivity (Wildman–Crippen MR) is 50.7 cm³/mol. The molecule has 0 saturated carbocycles. The maximum absolute atomic E-state index is 10.9. The van der Waals surface area contributed by atoms with Crippen molar-refractivity contribution in [2.75, 3.05) is 6.61 Å². The number of cyclic esters (lactones) is 1. The molecule has 14 heavy (non-hydrogen) atoms. The van der Waals surface area contributed by atoms with Gasteiger partial charge in [-0.1, -0.05) is 0 Å². The van der Waals surface area contributed by atoms with Crippen molar-refractivity contribution in [2.24, 2.45) is 0 Å². The Labute approximate surface area is 83.9 Å². The van der Waals surface area contributed by atoms with Gasteiger partial charge in [0.15, 0.2) is 0 Å². The van der Waals surface area contributed by atoms with E-state index in [1.807, 2.05) is 0 Å². The van der Waals surface area contributed by atoms with E-state index in [1.165, 1.54) is 0 Å². The molecule has 2 N–H and O–H groups in total. The van der Waals surface area contributed by atoms with Crippen LogP contribution in [0.3, 0.4) is 0 Å². The van der Waals surface area contributed by atoms with E-state index in [4.69, 9.17) is 9.84 Å². The van der Waals surface area contributed by atoms with Crippen molar-refractivity contribution in [3.8, 4) is 0 Å². The van der Waals surface area contributed by atoms with Gasteiger partial charge in [-0.05, 0) is 32.1 Å². The fourth-order valence-corrected chi connectivity index (χ4v) is 1.66. The number of aliphatic hydroxyl groups excluding tert-OH is 2. The van der Waals surface area contributed by atoms with E-state index in [0.29, 0.717) is 19.3 Å². The fraction of sp³-hybridized carbons (Fsp3) is 0.900. The van der Waals surface area contributed by atoms with Crippen molar-refractivity contribution >= 4 is 5.97 Å². The lowest BCUT2D eigenvalue weighted by atomic mass is 10.00. The highest BCUT2D eigenvalue weighted by molar-refractivity contribution is 5.70. The second-order valence-electron chi connectivity index (χ2n) is 3.71. The van der Waals surface area contributed by atoms with E-state index in [-0.39, 0.29) is 18.7 Å². The summed E-state index contributed by atoms with van der Waals surface area (Å²) in [5.74, 6) is -0.206. The van der Waals surface area contributed by atoms with Gasteiger partial charge in [-0.25, -0.2) is 0 Å². The Balaban J connectivity index is 2.21. The van der Waals surface area contributed by atoms with Gasteiger partial charge in [-0.15, -0.1) is 0 Å². The minimum atomic E-state index is -0.564. The number of carbonyl (C=O) groups is 1. The quantitative estimate of drug-likeness (QED) is 0.506. The molecule has 0 radical (unpaired) electrons. The molecule has 0 aromatic heterocycles. The molecule has 82 valence electrons. The summed E-state index contributed by atoms with van der Waals surface area (Å²) in [6.45, 7) is 0.150. The van der Waals surface area contributed by atoms with Gasteiger partial charge >= 0.3 is 5.97 Å². The first-order valence-electron chi connectivity index (χ1n) is 5.22. The highest BCUT2D eigenvalue weighted by Gasteiger charge is 2.26. The zero-order valence-corrected chi connectivity index (χ0v) is 8.32. The van der Waals surface area contributed by atoms with Crippen LogP contribution in [0.4, 0.5) is 0 Å². The van der Waals surface area contributed by atoms with E-state index >= 15 is 0 Å². The van der Waals surface area contributed by atoms with Crippen LogP contribution in [0.1, 0.15) is 38.5 Å². The molecule has 2 atom stereocenters. The van der Waals surface area contributed by atoms with Crippen LogP contribution in [-0.2, 0) is 9.53 Å². The summed E-state index contributed by atoms with van der Waals surface area (Å²) >= 11 is 0. The molecule has 0 aromatic rings. The number of ether oxygens (including phenoxy) is 1. The monoisotopic (exact) mass is 202 g/mol. The third kappa shape index (κ3) is 3.64. The standard InChI is InChI=1S/C10H18O4/c11-7-2-1-4-8(12)9-5-3-6-10(13)14-9/h8-9,11-12H,1-7H2. The molecule has 0 amide bonds. The second-order valence-corrected chi connectivity index (χ2v) is 3.71. The molecule has 2 unspecified atom stereocenters. The number of hydrogen-bond donors (Lipinski definition) is 2. The lowest BCUT2D eigenvalue weighted by Crippen LogP contribution is -2.34. The topological polar surface area (TPSA) is 66.8 Å².